The van der Waals surface area contributed by atoms with Crippen molar-refractivity contribution in [1.29, 1.82) is 0 Å². The second kappa shape index (κ2) is 6.82. The number of hydrogen-bond acceptors (Lipinski definition) is 5. The Labute approximate surface area is 121 Å². The topological polar surface area (TPSA) is 104 Å². The van der Waals surface area contributed by atoms with Gasteiger partial charge < -0.3 is 10.0 Å². The van der Waals surface area contributed by atoms with Crippen molar-refractivity contribution in [3.05, 3.63) is 17.5 Å². The summed E-state index contributed by atoms with van der Waals surface area (Å²) >= 11 is 1.05. The van der Waals surface area contributed by atoms with Gasteiger partial charge in [-0.15, -0.1) is 11.3 Å². The molecule has 7 nitrogen and oxygen atoms in total. The van der Waals surface area contributed by atoms with Gasteiger partial charge >= 0.3 is 5.97 Å². The zero-order valence-electron chi connectivity index (χ0n) is 11.1. The molecule has 0 saturated heterocycles. The Hall–Kier alpha value is -1.45. The second-order valence-corrected chi connectivity index (χ2v) is 7.21. The maximum Gasteiger partial charge on any atom is 0.308 e. The minimum absolute atomic E-state index is 0.0227. The van der Waals surface area contributed by atoms with Crippen LogP contribution in [0.15, 0.2) is 21.7 Å². The van der Waals surface area contributed by atoms with Gasteiger partial charge in [0.1, 0.15) is 4.21 Å². The van der Waals surface area contributed by atoms with Crippen LogP contribution in [0, 0.1) is 5.92 Å². The highest BCUT2D eigenvalue weighted by molar-refractivity contribution is 7.91. The molecule has 1 atom stereocenters. The SMILES string of the molecule is CC(CN(C)C(=O)CNS(=O)(=O)c1cccs1)C(=O)O. The van der Waals surface area contributed by atoms with E-state index in [0.717, 1.165) is 11.3 Å². The van der Waals surface area contributed by atoms with Gasteiger partial charge in [-0.1, -0.05) is 13.0 Å². The molecule has 2 N–H and O–H groups in total. The fourth-order valence-corrected chi connectivity index (χ4v) is 3.38. The van der Waals surface area contributed by atoms with Gasteiger partial charge in [-0.05, 0) is 11.4 Å². The molecule has 0 aliphatic rings. The third-order valence-electron chi connectivity index (χ3n) is 2.57. The first-order valence-electron chi connectivity index (χ1n) is 5.74. The lowest BCUT2D eigenvalue weighted by Gasteiger charge is -2.19. The molecule has 0 spiro atoms. The molecule has 1 rings (SSSR count). The lowest BCUT2D eigenvalue weighted by atomic mass is 10.2. The summed E-state index contributed by atoms with van der Waals surface area (Å²) in [5.74, 6) is -2.21. The van der Waals surface area contributed by atoms with Crippen molar-refractivity contribution in [2.45, 2.75) is 11.1 Å². The van der Waals surface area contributed by atoms with E-state index < -0.39 is 34.4 Å². The van der Waals surface area contributed by atoms with Gasteiger partial charge in [0.15, 0.2) is 0 Å². The first kappa shape index (κ1) is 16.6. The van der Waals surface area contributed by atoms with Crippen molar-refractivity contribution >= 4 is 33.2 Å². The highest BCUT2D eigenvalue weighted by Gasteiger charge is 2.20. The van der Waals surface area contributed by atoms with Crippen LogP contribution in [-0.4, -0.2) is 50.4 Å². The van der Waals surface area contributed by atoms with Crippen LogP contribution in [0.2, 0.25) is 0 Å². The van der Waals surface area contributed by atoms with Crippen LogP contribution in [0.5, 0.6) is 0 Å². The third kappa shape index (κ3) is 4.58. The molecule has 9 heteroatoms. The largest absolute Gasteiger partial charge is 0.481 e. The van der Waals surface area contributed by atoms with Gasteiger partial charge in [0.2, 0.25) is 5.91 Å². The molecule has 0 aliphatic heterocycles. The van der Waals surface area contributed by atoms with Gasteiger partial charge in [0.05, 0.1) is 12.5 Å². The summed E-state index contributed by atoms with van der Waals surface area (Å²) in [6.45, 7) is 1.10. The lowest BCUT2D eigenvalue weighted by molar-refractivity contribution is -0.142. The molecule has 112 valence electrons. The summed E-state index contributed by atoms with van der Waals surface area (Å²) in [6, 6.07) is 3.04. The van der Waals surface area contributed by atoms with E-state index >= 15 is 0 Å². The molecule has 0 aromatic carbocycles. The normalized spacial score (nSPS) is 12.9. The van der Waals surface area contributed by atoms with Crippen LogP contribution >= 0.6 is 11.3 Å². The van der Waals surface area contributed by atoms with Crippen molar-refractivity contribution < 1.29 is 23.1 Å². The van der Waals surface area contributed by atoms with E-state index in [9.17, 15) is 18.0 Å². The number of carbonyl (C=O) groups is 2. The Morgan fingerprint density at radius 1 is 1.50 bits per heavy atom. The zero-order valence-corrected chi connectivity index (χ0v) is 12.7. The Morgan fingerprint density at radius 3 is 2.65 bits per heavy atom. The Bertz CT molecular complexity index is 568. The van der Waals surface area contributed by atoms with Crippen LogP contribution in [0.3, 0.4) is 0 Å². The second-order valence-electron chi connectivity index (χ2n) is 4.27. The number of amides is 1. The standard InChI is InChI=1S/C11H16N2O5S2/c1-8(11(15)16)7-13(2)9(14)6-12-20(17,18)10-4-3-5-19-10/h3-5,8,12H,6-7H2,1-2H3,(H,15,16). The van der Waals surface area contributed by atoms with Gasteiger partial charge in [0.25, 0.3) is 10.0 Å². The Balaban J connectivity index is 2.53. The highest BCUT2D eigenvalue weighted by atomic mass is 32.2. The first-order valence-corrected chi connectivity index (χ1v) is 8.10. The number of aliphatic carboxylic acids is 1. The molecule has 0 aliphatic carbocycles. The number of sulfonamides is 1. The molecule has 1 aromatic heterocycles. The first-order chi connectivity index (χ1) is 9.24. The van der Waals surface area contributed by atoms with E-state index in [-0.39, 0.29) is 10.8 Å². The Morgan fingerprint density at radius 2 is 2.15 bits per heavy atom. The predicted molar refractivity (Wildman–Crippen MR) is 73.9 cm³/mol. The smallest absolute Gasteiger partial charge is 0.308 e. The van der Waals surface area contributed by atoms with Crippen LogP contribution in [0.4, 0.5) is 0 Å². The average molecular weight is 320 g/mol. The highest BCUT2D eigenvalue weighted by Crippen LogP contribution is 2.14. The third-order valence-corrected chi connectivity index (χ3v) is 5.37. The number of nitrogens with one attached hydrogen (secondary N) is 1. The van der Waals surface area contributed by atoms with E-state index in [1.165, 1.54) is 24.9 Å². The van der Waals surface area contributed by atoms with Crippen molar-refractivity contribution in [3.63, 3.8) is 0 Å². The summed E-state index contributed by atoms with van der Waals surface area (Å²) in [5.41, 5.74) is 0. The molecule has 1 aromatic rings. The Kier molecular flexibility index (Phi) is 5.66. The molecule has 0 saturated carbocycles. The number of carboxylic acid groups (broad SMARTS) is 1. The number of nitrogens with zero attached hydrogens (tertiary/aromatic N) is 1. The molecule has 1 heterocycles. The maximum atomic E-state index is 11.8. The molecule has 1 amide bonds. The molecule has 20 heavy (non-hydrogen) atoms. The van der Waals surface area contributed by atoms with Crippen LogP contribution in [0.25, 0.3) is 0 Å². The van der Waals surface area contributed by atoms with Crippen LogP contribution < -0.4 is 4.72 Å². The minimum atomic E-state index is -3.69. The lowest BCUT2D eigenvalue weighted by Crippen LogP contribution is -2.40. The van der Waals surface area contributed by atoms with Crippen molar-refractivity contribution in [3.8, 4) is 0 Å². The number of rotatable bonds is 7. The molecule has 0 fully saturated rings. The van der Waals surface area contributed by atoms with Gasteiger partial charge in [-0.25, -0.2) is 13.1 Å². The number of thiophene rings is 1. The van der Waals surface area contributed by atoms with Crippen LogP contribution in [-0.2, 0) is 19.6 Å². The molecule has 0 radical (unpaired) electrons. The van der Waals surface area contributed by atoms with E-state index in [1.54, 1.807) is 11.4 Å². The molecule has 1 unspecified atom stereocenters. The number of likely N-dealkylation sites (N-methyl/N-ethyl adjacent to an activating group) is 1. The summed E-state index contributed by atoms with van der Waals surface area (Å²) in [6.07, 6.45) is 0. The van der Waals surface area contributed by atoms with Gasteiger partial charge in [-0.3, -0.25) is 9.59 Å². The fraction of sp³-hybridized carbons (Fsp3) is 0.455. The van der Waals surface area contributed by atoms with E-state index in [2.05, 4.69) is 4.72 Å². The number of carbonyl (C=O) groups excluding carboxylic acids is 1. The zero-order chi connectivity index (χ0) is 15.3. The monoisotopic (exact) mass is 320 g/mol. The van der Waals surface area contributed by atoms with E-state index in [4.69, 9.17) is 5.11 Å². The van der Waals surface area contributed by atoms with Gasteiger partial charge in [-0.2, -0.15) is 0 Å². The summed E-state index contributed by atoms with van der Waals surface area (Å²) in [5, 5.41) is 10.4. The average Bonchev–Trinajstić information content (AvgIpc) is 2.90. The molecular formula is C11H16N2O5S2. The minimum Gasteiger partial charge on any atom is -0.481 e. The van der Waals surface area contributed by atoms with Gasteiger partial charge in [0, 0.05) is 13.6 Å². The fourth-order valence-electron chi connectivity index (χ4n) is 1.37. The summed E-state index contributed by atoms with van der Waals surface area (Å²) in [4.78, 5) is 23.6. The number of carboxylic acids is 1. The molecular weight excluding hydrogens is 304 g/mol. The van der Waals surface area contributed by atoms with E-state index in [0.29, 0.717) is 0 Å². The van der Waals surface area contributed by atoms with Crippen LogP contribution in [0.1, 0.15) is 6.92 Å². The van der Waals surface area contributed by atoms with E-state index in [1.807, 2.05) is 0 Å². The number of hydrogen-bond donors (Lipinski definition) is 2. The summed E-state index contributed by atoms with van der Waals surface area (Å²) < 4.78 is 25.9. The summed E-state index contributed by atoms with van der Waals surface area (Å²) in [7, 11) is -2.25. The maximum absolute atomic E-state index is 11.8. The predicted octanol–water partition coefficient (Wildman–Crippen LogP) is 0.206. The molecule has 0 bridgehead atoms. The quantitative estimate of drug-likeness (QED) is 0.747. The van der Waals surface area contributed by atoms with Crippen molar-refractivity contribution in [2.75, 3.05) is 20.1 Å². The van der Waals surface area contributed by atoms with Crippen molar-refractivity contribution in [2.24, 2.45) is 5.92 Å². The van der Waals surface area contributed by atoms with Crippen molar-refractivity contribution in [1.82, 2.24) is 9.62 Å².